The number of carbonyl (C=O) groups excluding carboxylic acids is 2. The third-order valence-corrected chi connectivity index (χ3v) is 3.73. The Balaban J connectivity index is 2.28. The Morgan fingerprint density at radius 1 is 1.15 bits per heavy atom. The minimum atomic E-state index is -0.940. The molecular formula is C14H24N2O4. The zero-order valence-electron chi connectivity index (χ0n) is 12.5. The van der Waals surface area contributed by atoms with E-state index in [0.29, 0.717) is 12.5 Å². The maximum Gasteiger partial charge on any atom is 0.307 e. The topological polar surface area (TPSA) is 95.5 Å². The van der Waals surface area contributed by atoms with E-state index in [2.05, 4.69) is 10.6 Å². The van der Waals surface area contributed by atoms with E-state index < -0.39 is 23.2 Å². The van der Waals surface area contributed by atoms with Crippen LogP contribution in [-0.2, 0) is 14.4 Å². The number of rotatable bonds is 7. The summed E-state index contributed by atoms with van der Waals surface area (Å²) in [6, 6.07) is 0. The van der Waals surface area contributed by atoms with Gasteiger partial charge < -0.3 is 15.7 Å². The van der Waals surface area contributed by atoms with E-state index in [9.17, 15) is 14.4 Å². The molecule has 3 N–H and O–H groups in total. The fourth-order valence-electron chi connectivity index (χ4n) is 2.40. The zero-order valence-corrected chi connectivity index (χ0v) is 12.5. The highest BCUT2D eigenvalue weighted by Gasteiger charge is 2.65. The first-order valence-corrected chi connectivity index (χ1v) is 6.95. The van der Waals surface area contributed by atoms with Crippen LogP contribution >= 0.6 is 0 Å². The van der Waals surface area contributed by atoms with Crippen LogP contribution in [0.4, 0.5) is 0 Å². The van der Waals surface area contributed by atoms with Crippen LogP contribution < -0.4 is 10.6 Å². The molecule has 2 atom stereocenters. The molecule has 0 radical (unpaired) electrons. The summed E-state index contributed by atoms with van der Waals surface area (Å²) in [4.78, 5) is 34.3. The second-order valence-corrected chi connectivity index (χ2v) is 6.35. The van der Waals surface area contributed by atoms with Crippen LogP contribution in [0.15, 0.2) is 0 Å². The highest BCUT2D eigenvalue weighted by Crippen LogP contribution is 2.58. The third kappa shape index (κ3) is 3.95. The highest BCUT2D eigenvalue weighted by atomic mass is 16.4. The summed E-state index contributed by atoms with van der Waals surface area (Å²) in [5.74, 6) is -2.07. The van der Waals surface area contributed by atoms with E-state index in [1.807, 2.05) is 13.8 Å². The maximum atomic E-state index is 11.9. The molecule has 114 valence electrons. The quantitative estimate of drug-likeness (QED) is 0.638. The molecule has 0 aliphatic heterocycles. The van der Waals surface area contributed by atoms with E-state index in [1.165, 1.54) is 0 Å². The van der Waals surface area contributed by atoms with Gasteiger partial charge in [0.25, 0.3) is 0 Å². The Kier molecular flexibility index (Phi) is 5.14. The molecule has 0 aromatic heterocycles. The van der Waals surface area contributed by atoms with Crippen LogP contribution in [0.2, 0.25) is 0 Å². The van der Waals surface area contributed by atoms with Crippen LogP contribution in [0, 0.1) is 23.2 Å². The van der Waals surface area contributed by atoms with Crippen molar-refractivity contribution >= 4 is 17.8 Å². The van der Waals surface area contributed by atoms with Gasteiger partial charge >= 0.3 is 5.97 Å². The van der Waals surface area contributed by atoms with Crippen LogP contribution in [-0.4, -0.2) is 36.0 Å². The Morgan fingerprint density at radius 2 is 1.75 bits per heavy atom. The molecule has 1 fully saturated rings. The summed E-state index contributed by atoms with van der Waals surface area (Å²) in [6.45, 7) is 8.40. The Labute approximate surface area is 119 Å². The number of carboxylic acids is 1. The molecule has 6 nitrogen and oxygen atoms in total. The maximum absolute atomic E-state index is 11.9. The van der Waals surface area contributed by atoms with Gasteiger partial charge in [0.15, 0.2) is 0 Å². The van der Waals surface area contributed by atoms with Crippen LogP contribution in [0.1, 0.15) is 34.1 Å². The predicted octanol–water partition coefficient (Wildman–Crippen LogP) is 0.622. The number of carbonyl (C=O) groups is 3. The molecule has 0 bridgehead atoms. The zero-order chi connectivity index (χ0) is 15.5. The molecule has 0 heterocycles. The Morgan fingerprint density at radius 3 is 2.20 bits per heavy atom. The van der Waals surface area contributed by atoms with Gasteiger partial charge in [-0.25, -0.2) is 0 Å². The average molecular weight is 284 g/mol. The van der Waals surface area contributed by atoms with Crippen molar-refractivity contribution in [2.45, 2.75) is 34.1 Å². The Hall–Kier alpha value is -1.59. The van der Waals surface area contributed by atoms with Gasteiger partial charge in [0.1, 0.15) is 0 Å². The molecule has 1 saturated carbocycles. The first-order valence-electron chi connectivity index (χ1n) is 6.95. The number of nitrogens with one attached hydrogen (secondary N) is 2. The van der Waals surface area contributed by atoms with Gasteiger partial charge in [-0.15, -0.1) is 0 Å². The molecule has 1 aliphatic carbocycles. The molecular weight excluding hydrogens is 260 g/mol. The van der Waals surface area contributed by atoms with Crippen molar-refractivity contribution in [3.8, 4) is 0 Å². The van der Waals surface area contributed by atoms with Gasteiger partial charge in [0.05, 0.1) is 11.8 Å². The largest absolute Gasteiger partial charge is 0.481 e. The monoisotopic (exact) mass is 284 g/mol. The molecule has 6 heteroatoms. The summed E-state index contributed by atoms with van der Waals surface area (Å²) in [6.07, 6.45) is 0.212. The second-order valence-electron chi connectivity index (χ2n) is 6.35. The average Bonchev–Trinajstić information content (AvgIpc) is 2.90. The lowest BCUT2D eigenvalue weighted by Gasteiger charge is -2.08. The molecule has 2 unspecified atom stereocenters. The summed E-state index contributed by atoms with van der Waals surface area (Å²) in [7, 11) is 0. The molecule has 0 saturated heterocycles. The van der Waals surface area contributed by atoms with Gasteiger partial charge in [-0.3, -0.25) is 14.4 Å². The number of amides is 2. The summed E-state index contributed by atoms with van der Waals surface area (Å²) < 4.78 is 0. The first kappa shape index (κ1) is 16.5. The smallest absolute Gasteiger partial charge is 0.307 e. The standard InChI is InChI=1S/C14H24N2O4/c1-8(2)7-16-9(17)5-6-15-12(18)10-11(13(19)20)14(10,3)4/h8,10-11H,5-7H2,1-4H3,(H,15,18)(H,16,17)(H,19,20). The van der Waals surface area contributed by atoms with E-state index in [1.54, 1.807) is 13.8 Å². The van der Waals surface area contributed by atoms with Gasteiger partial charge in [0.2, 0.25) is 11.8 Å². The highest BCUT2D eigenvalue weighted by molar-refractivity contribution is 5.91. The van der Waals surface area contributed by atoms with Crippen molar-refractivity contribution in [3.63, 3.8) is 0 Å². The second kappa shape index (κ2) is 6.24. The van der Waals surface area contributed by atoms with E-state index in [-0.39, 0.29) is 24.8 Å². The lowest BCUT2D eigenvalue weighted by atomic mass is 10.1. The lowest BCUT2D eigenvalue weighted by Crippen LogP contribution is -2.33. The van der Waals surface area contributed by atoms with E-state index in [0.717, 1.165) is 0 Å². The molecule has 0 spiro atoms. The fraction of sp³-hybridized carbons (Fsp3) is 0.786. The third-order valence-electron chi connectivity index (χ3n) is 3.73. The first-order chi connectivity index (χ1) is 9.17. The van der Waals surface area contributed by atoms with Gasteiger partial charge in [0, 0.05) is 19.5 Å². The number of carboxylic acid groups (broad SMARTS) is 1. The molecule has 0 aromatic rings. The molecule has 1 aliphatic rings. The van der Waals surface area contributed by atoms with Crippen LogP contribution in [0.25, 0.3) is 0 Å². The van der Waals surface area contributed by atoms with Gasteiger partial charge in [-0.2, -0.15) is 0 Å². The predicted molar refractivity (Wildman–Crippen MR) is 73.9 cm³/mol. The SMILES string of the molecule is CC(C)CNC(=O)CCNC(=O)C1C(C(=O)O)C1(C)C. The minimum absolute atomic E-state index is 0.108. The van der Waals surface area contributed by atoms with Crippen molar-refractivity contribution in [1.29, 1.82) is 0 Å². The van der Waals surface area contributed by atoms with E-state index in [4.69, 9.17) is 5.11 Å². The molecule has 20 heavy (non-hydrogen) atoms. The lowest BCUT2D eigenvalue weighted by molar-refractivity contribution is -0.140. The summed E-state index contributed by atoms with van der Waals surface area (Å²) >= 11 is 0. The van der Waals surface area contributed by atoms with Crippen molar-refractivity contribution < 1.29 is 19.5 Å². The van der Waals surface area contributed by atoms with E-state index >= 15 is 0 Å². The van der Waals surface area contributed by atoms with Crippen molar-refractivity contribution in [2.24, 2.45) is 23.2 Å². The van der Waals surface area contributed by atoms with Crippen molar-refractivity contribution in [3.05, 3.63) is 0 Å². The number of aliphatic carboxylic acids is 1. The number of hydrogen-bond donors (Lipinski definition) is 3. The van der Waals surface area contributed by atoms with Gasteiger partial charge in [-0.05, 0) is 11.3 Å². The Bertz CT molecular complexity index is 404. The minimum Gasteiger partial charge on any atom is -0.481 e. The molecule has 0 aromatic carbocycles. The number of hydrogen-bond acceptors (Lipinski definition) is 3. The van der Waals surface area contributed by atoms with Crippen molar-refractivity contribution in [1.82, 2.24) is 10.6 Å². The van der Waals surface area contributed by atoms with Crippen molar-refractivity contribution in [2.75, 3.05) is 13.1 Å². The normalized spacial score (nSPS) is 23.2. The van der Waals surface area contributed by atoms with Gasteiger partial charge in [-0.1, -0.05) is 27.7 Å². The fourth-order valence-corrected chi connectivity index (χ4v) is 2.40. The van der Waals surface area contributed by atoms with Crippen LogP contribution in [0.5, 0.6) is 0 Å². The molecule has 2 amide bonds. The van der Waals surface area contributed by atoms with Crippen LogP contribution in [0.3, 0.4) is 0 Å². The molecule has 1 rings (SSSR count). The summed E-state index contributed by atoms with van der Waals surface area (Å²) in [5.41, 5.74) is -0.504. The summed E-state index contributed by atoms with van der Waals surface area (Å²) in [5, 5.41) is 14.4.